The van der Waals surface area contributed by atoms with Crippen molar-refractivity contribution in [3.05, 3.63) is 59.7 Å². The topological polar surface area (TPSA) is 59.9 Å². The van der Waals surface area contributed by atoms with E-state index in [2.05, 4.69) is 10.5 Å². The highest BCUT2D eigenvalue weighted by molar-refractivity contribution is 5.95. The lowest BCUT2D eigenvalue weighted by Gasteiger charge is -2.08. The van der Waals surface area contributed by atoms with Crippen LogP contribution in [0, 0.1) is 5.41 Å². The molecular weight excluding hydrogens is 304 g/mol. The van der Waals surface area contributed by atoms with Crippen LogP contribution in [-0.4, -0.2) is 25.3 Å². The van der Waals surface area contributed by atoms with Gasteiger partial charge in [0.2, 0.25) is 0 Å². The van der Waals surface area contributed by atoms with Crippen molar-refractivity contribution in [2.24, 2.45) is 10.5 Å². The molecule has 0 unspecified atom stereocenters. The quantitative estimate of drug-likeness (QED) is 0.698. The molecule has 1 spiro atoms. The number of hydrogen-bond donors (Lipinski definition) is 1. The van der Waals surface area contributed by atoms with E-state index in [4.69, 9.17) is 9.47 Å². The molecule has 5 nitrogen and oxygen atoms in total. The Labute approximate surface area is 140 Å². The van der Waals surface area contributed by atoms with Crippen LogP contribution in [0.1, 0.15) is 28.8 Å². The van der Waals surface area contributed by atoms with E-state index in [-0.39, 0.29) is 11.3 Å². The number of hydrazone groups is 1. The van der Waals surface area contributed by atoms with Crippen LogP contribution in [0.5, 0.6) is 11.5 Å². The minimum Gasteiger partial charge on any atom is -0.489 e. The van der Waals surface area contributed by atoms with Crippen molar-refractivity contribution in [3.8, 4) is 11.5 Å². The van der Waals surface area contributed by atoms with Gasteiger partial charge in [0.25, 0.3) is 5.91 Å². The minimum absolute atomic E-state index is 0.182. The highest BCUT2D eigenvalue weighted by atomic mass is 16.5. The van der Waals surface area contributed by atoms with Crippen LogP contribution in [-0.2, 0) is 0 Å². The predicted molar refractivity (Wildman–Crippen MR) is 90.6 cm³/mol. The molecule has 24 heavy (non-hydrogen) atoms. The smallest absolute Gasteiger partial charge is 0.271 e. The Hall–Kier alpha value is -2.82. The summed E-state index contributed by atoms with van der Waals surface area (Å²) < 4.78 is 11.7. The molecule has 2 aliphatic rings. The van der Waals surface area contributed by atoms with Crippen LogP contribution in [0.15, 0.2) is 53.6 Å². The Balaban J connectivity index is 1.44. The predicted octanol–water partition coefficient (Wildman–Crippen LogP) is 3.00. The van der Waals surface area contributed by atoms with Gasteiger partial charge in [-0.3, -0.25) is 4.79 Å². The Morgan fingerprint density at radius 2 is 1.79 bits per heavy atom. The first-order valence-corrected chi connectivity index (χ1v) is 8.02. The molecule has 1 aliphatic carbocycles. The Morgan fingerprint density at radius 1 is 1.04 bits per heavy atom. The van der Waals surface area contributed by atoms with Gasteiger partial charge in [0.15, 0.2) is 11.5 Å². The van der Waals surface area contributed by atoms with Crippen molar-refractivity contribution >= 4 is 12.1 Å². The maximum Gasteiger partial charge on any atom is 0.271 e. The molecule has 122 valence electrons. The number of carbonyl (C=O) groups is 1. The van der Waals surface area contributed by atoms with E-state index < -0.39 is 0 Å². The molecule has 1 heterocycles. The van der Waals surface area contributed by atoms with Crippen molar-refractivity contribution in [2.75, 3.05) is 13.2 Å². The van der Waals surface area contributed by atoms with Gasteiger partial charge >= 0.3 is 0 Å². The second-order valence-corrected chi connectivity index (χ2v) is 6.35. The number of benzene rings is 2. The number of nitrogens with zero attached hydrogens (tertiary/aromatic N) is 1. The summed E-state index contributed by atoms with van der Waals surface area (Å²) in [5.41, 5.74) is 4.13. The lowest BCUT2D eigenvalue weighted by Crippen LogP contribution is -2.18. The Bertz CT molecular complexity index is 782. The molecule has 4 rings (SSSR count). The second-order valence-electron chi connectivity index (χ2n) is 6.35. The molecule has 0 atom stereocenters. The lowest BCUT2D eigenvalue weighted by atomic mass is 10.1. The first-order chi connectivity index (χ1) is 11.7. The summed E-state index contributed by atoms with van der Waals surface area (Å²) in [6, 6.07) is 14.8. The van der Waals surface area contributed by atoms with Crippen LogP contribution in [0.4, 0.5) is 0 Å². The first kappa shape index (κ1) is 14.8. The number of rotatable bonds is 3. The lowest BCUT2D eigenvalue weighted by molar-refractivity contribution is 0.0954. The summed E-state index contributed by atoms with van der Waals surface area (Å²) in [5.74, 6) is 1.04. The van der Waals surface area contributed by atoms with Gasteiger partial charge in [-0.25, -0.2) is 5.43 Å². The maximum atomic E-state index is 12.2. The van der Waals surface area contributed by atoms with Crippen LogP contribution >= 0.6 is 0 Å². The van der Waals surface area contributed by atoms with Crippen LogP contribution in [0.2, 0.25) is 0 Å². The minimum atomic E-state index is -0.279. The van der Waals surface area contributed by atoms with Crippen molar-refractivity contribution in [2.45, 2.75) is 12.8 Å². The molecule has 1 aliphatic heterocycles. The average Bonchev–Trinajstić information content (AvgIpc) is 3.42. The molecule has 1 saturated carbocycles. The summed E-state index contributed by atoms with van der Waals surface area (Å²) in [6.45, 7) is 1.34. The standard InChI is InChI=1S/C19H18N2O3/c22-18(21-20-11-14-4-2-1-3-5-14)15-6-7-16-17(10-15)24-13-19(8-9-19)12-23-16/h1-7,10-11H,8-9,12-13H2,(H,21,22)/b20-11-. The van der Waals surface area contributed by atoms with Gasteiger partial charge < -0.3 is 9.47 Å². The molecule has 1 fully saturated rings. The van der Waals surface area contributed by atoms with Crippen molar-refractivity contribution in [1.82, 2.24) is 5.43 Å². The fourth-order valence-electron chi connectivity index (χ4n) is 2.62. The largest absolute Gasteiger partial charge is 0.489 e. The van der Waals surface area contributed by atoms with E-state index in [1.807, 2.05) is 30.3 Å². The Kier molecular flexibility index (Phi) is 3.69. The maximum absolute atomic E-state index is 12.2. The highest BCUT2D eigenvalue weighted by Gasteiger charge is 2.46. The normalized spacial score (nSPS) is 17.5. The molecule has 2 aromatic carbocycles. The SMILES string of the molecule is O=C(N/N=C\c1ccccc1)c1ccc2c(c1)OCC1(CC1)CO2. The third kappa shape index (κ3) is 3.11. The molecule has 0 saturated heterocycles. The third-order valence-electron chi connectivity index (χ3n) is 4.41. The molecule has 1 N–H and O–H groups in total. The number of ether oxygens (including phenoxy) is 2. The second kappa shape index (κ2) is 6.00. The third-order valence-corrected chi connectivity index (χ3v) is 4.41. The number of amides is 1. The highest BCUT2D eigenvalue weighted by Crippen LogP contribution is 2.49. The van der Waals surface area contributed by atoms with Gasteiger partial charge in [0, 0.05) is 11.0 Å². The zero-order valence-electron chi connectivity index (χ0n) is 13.2. The summed E-state index contributed by atoms with van der Waals surface area (Å²) in [5, 5.41) is 3.98. The van der Waals surface area contributed by atoms with Gasteiger partial charge in [-0.05, 0) is 36.6 Å². The fraction of sp³-hybridized carbons (Fsp3) is 0.263. The summed E-state index contributed by atoms with van der Waals surface area (Å²) >= 11 is 0. The van der Waals surface area contributed by atoms with Crippen molar-refractivity contribution < 1.29 is 14.3 Å². The summed E-state index contributed by atoms with van der Waals surface area (Å²) in [6.07, 6.45) is 3.89. The molecule has 0 bridgehead atoms. The molecule has 0 radical (unpaired) electrons. The zero-order valence-corrected chi connectivity index (χ0v) is 13.2. The monoisotopic (exact) mass is 322 g/mol. The van der Waals surface area contributed by atoms with Gasteiger partial charge in [0.1, 0.15) is 0 Å². The van der Waals surface area contributed by atoms with Gasteiger partial charge in [-0.1, -0.05) is 30.3 Å². The summed E-state index contributed by atoms with van der Waals surface area (Å²) in [7, 11) is 0. The fourth-order valence-corrected chi connectivity index (χ4v) is 2.62. The number of carbonyl (C=O) groups excluding carboxylic acids is 1. The number of hydrogen-bond acceptors (Lipinski definition) is 4. The number of fused-ring (bicyclic) bond motifs is 1. The van der Waals surface area contributed by atoms with E-state index in [0.29, 0.717) is 30.3 Å². The van der Waals surface area contributed by atoms with E-state index in [1.54, 1.807) is 24.4 Å². The molecular formula is C19H18N2O3. The number of nitrogens with one attached hydrogen (secondary N) is 1. The average molecular weight is 322 g/mol. The van der Waals surface area contributed by atoms with Crippen molar-refractivity contribution in [1.29, 1.82) is 0 Å². The van der Waals surface area contributed by atoms with E-state index in [1.165, 1.54) is 0 Å². The van der Waals surface area contributed by atoms with E-state index >= 15 is 0 Å². The van der Waals surface area contributed by atoms with E-state index in [9.17, 15) is 4.79 Å². The zero-order chi connectivity index (χ0) is 16.4. The molecule has 0 aromatic heterocycles. The van der Waals surface area contributed by atoms with E-state index in [0.717, 1.165) is 18.4 Å². The van der Waals surface area contributed by atoms with Gasteiger partial charge in [-0.15, -0.1) is 0 Å². The first-order valence-electron chi connectivity index (χ1n) is 8.02. The summed E-state index contributed by atoms with van der Waals surface area (Å²) in [4.78, 5) is 12.2. The van der Waals surface area contributed by atoms with Crippen LogP contribution < -0.4 is 14.9 Å². The van der Waals surface area contributed by atoms with Crippen molar-refractivity contribution in [3.63, 3.8) is 0 Å². The Morgan fingerprint density at radius 3 is 2.54 bits per heavy atom. The van der Waals surface area contributed by atoms with Crippen LogP contribution in [0.25, 0.3) is 0 Å². The molecule has 5 heteroatoms. The molecule has 2 aromatic rings. The van der Waals surface area contributed by atoms with Crippen LogP contribution in [0.3, 0.4) is 0 Å². The molecule has 1 amide bonds. The van der Waals surface area contributed by atoms with Gasteiger partial charge in [-0.2, -0.15) is 5.10 Å². The van der Waals surface area contributed by atoms with Gasteiger partial charge in [0.05, 0.1) is 19.4 Å².